The molecule has 7 nitrogen and oxygen atoms in total. The molecule has 0 radical (unpaired) electrons. The van der Waals surface area contributed by atoms with Gasteiger partial charge >= 0.3 is 0 Å². The summed E-state index contributed by atoms with van der Waals surface area (Å²) in [7, 11) is 1.99. The van der Waals surface area contributed by atoms with Gasteiger partial charge in [0.1, 0.15) is 5.82 Å². The summed E-state index contributed by atoms with van der Waals surface area (Å²) >= 11 is 0. The van der Waals surface area contributed by atoms with E-state index in [1.165, 1.54) is 12.8 Å². The number of hydrogen-bond donors (Lipinski definition) is 1. The number of nitrogens with zero attached hydrogens (tertiary/aromatic N) is 5. The van der Waals surface area contributed by atoms with Gasteiger partial charge in [-0.05, 0) is 55.7 Å². The van der Waals surface area contributed by atoms with E-state index < -0.39 is 0 Å². The Labute approximate surface area is 182 Å². The van der Waals surface area contributed by atoms with Crippen LogP contribution in [0, 0.1) is 11.8 Å². The molecular weight excluding hydrogens is 388 g/mol. The predicted molar refractivity (Wildman–Crippen MR) is 121 cm³/mol. The summed E-state index contributed by atoms with van der Waals surface area (Å²) < 4.78 is 2.04. The quantitative estimate of drug-likeness (QED) is 0.705. The van der Waals surface area contributed by atoms with Crippen LogP contribution < -0.4 is 10.2 Å². The van der Waals surface area contributed by atoms with E-state index in [1.807, 2.05) is 42.1 Å². The standard InChI is InChI=1S/C24H30N6O/c1-16-9-11-30(12-10-16)24-26-14-18-13-17(7-8-19(18)28-24)23(31)25-15-22-27-20-5-3-4-6-21(20)29(22)2/h3-6,14,16-17H,7-13,15H2,1-2H3,(H,25,31). The van der Waals surface area contributed by atoms with Gasteiger partial charge in [-0.3, -0.25) is 4.79 Å². The van der Waals surface area contributed by atoms with Gasteiger partial charge in [-0.1, -0.05) is 19.1 Å². The average molecular weight is 419 g/mol. The number of nitrogens with one attached hydrogen (secondary N) is 1. The number of fused-ring (bicyclic) bond motifs is 2. The molecule has 1 N–H and O–H groups in total. The number of imidazole rings is 1. The fraction of sp³-hybridized carbons (Fsp3) is 0.500. The van der Waals surface area contributed by atoms with Crippen molar-refractivity contribution in [2.75, 3.05) is 18.0 Å². The van der Waals surface area contributed by atoms with Gasteiger partial charge in [-0.15, -0.1) is 0 Å². The molecule has 1 aliphatic heterocycles. The molecule has 1 aliphatic carbocycles. The molecule has 2 aliphatic rings. The maximum atomic E-state index is 12.9. The molecule has 0 spiro atoms. The van der Waals surface area contributed by atoms with Crippen molar-refractivity contribution >= 4 is 22.9 Å². The Balaban J connectivity index is 1.22. The first kappa shape index (κ1) is 20.0. The number of anilines is 1. The molecule has 2 aromatic heterocycles. The first-order chi connectivity index (χ1) is 15.1. The van der Waals surface area contributed by atoms with Crippen molar-refractivity contribution in [2.24, 2.45) is 18.9 Å². The lowest BCUT2D eigenvalue weighted by atomic mass is 9.86. The number of aryl methyl sites for hydroxylation is 2. The van der Waals surface area contributed by atoms with E-state index in [0.29, 0.717) is 13.0 Å². The maximum Gasteiger partial charge on any atom is 0.225 e. The molecule has 1 amide bonds. The summed E-state index contributed by atoms with van der Waals surface area (Å²) in [4.78, 5) is 29.3. The number of piperidine rings is 1. The number of carbonyl (C=O) groups is 1. The number of rotatable bonds is 4. The highest BCUT2D eigenvalue weighted by Crippen LogP contribution is 2.27. The summed E-state index contributed by atoms with van der Waals surface area (Å²) in [5, 5.41) is 3.10. The van der Waals surface area contributed by atoms with Gasteiger partial charge in [0.15, 0.2) is 0 Å². The highest BCUT2D eigenvalue weighted by atomic mass is 16.1. The van der Waals surface area contributed by atoms with Crippen LogP contribution in [-0.2, 0) is 31.2 Å². The summed E-state index contributed by atoms with van der Waals surface area (Å²) in [5.74, 6) is 2.57. The molecule has 1 fully saturated rings. The normalized spacial score (nSPS) is 19.4. The minimum absolute atomic E-state index is 0.0347. The number of benzene rings is 1. The Hall–Kier alpha value is -2.96. The van der Waals surface area contributed by atoms with Gasteiger partial charge in [0.2, 0.25) is 11.9 Å². The number of aromatic nitrogens is 4. The fourth-order valence-corrected chi connectivity index (χ4v) is 4.75. The summed E-state index contributed by atoms with van der Waals surface area (Å²) in [5.41, 5.74) is 4.26. The molecule has 31 heavy (non-hydrogen) atoms. The van der Waals surface area contributed by atoms with Gasteiger partial charge in [0.25, 0.3) is 0 Å². The lowest BCUT2D eigenvalue weighted by Crippen LogP contribution is -2.36. The van der Waals surface area contributed by atoms with Crippen LogP contribution in [-0.4, -0.2) is 38.5 Å². The molecular formula is C24H30N6O. The first-order valence-corrected chi connectivity index (χ1v) is 11.4. The summed E-state index contributed by atoms with van der Waals surface area (Å²) in [6.45, 7) is 4.82. The number of carbonyl (C=O) groups excluding carboxylic acids is 1. The lowest BCUT2D eigenvalue weighted by Gasteiger charge is -2.31. The maximum absolute atomic E-state index is 12.9. The van der Waals surface area contributed by atoms with Crippen LogP contribution in [0.3, 0.4) is 0 Å². The molecule has 1 unspecified atom stereocenters. The van der Waals surface area contributed by atoms with Crippen molar-refractivity contribution in [3.05, 3.63) is 47.5 Å². The zero-order valence-corrected chi connectivity index (χ0v) is 18.3. The molecule has 1 atom stereocenters. The molecule has 162 valence electrons. The second-order valence-electron chi connectivity index (χ2n) is 9.04. The number of para-hydroxylation sites is 2. The van der Waals surface area contributed by atoms with E-state index in [9.17, 15) is 4.79 Å². The van der Waals surface area contributed by atoms with Gasteiger partial charge in [-0.25, -0.2) is 15.0 Å². The second-order valence-corrected chi connectivity index (χ2v) is 9.04. The van der Waals surface area contributed by atoms with E-state index in [0.717, 1.165) is 65.9 Å². The number of amides is 1. The minimum atomic E-state index is -0.0347. The van der Waals surface area contributed by atoms with E-state index >= 15 is 0 Å². The third-order valence-electron chi connectivity index (χ3n) is 6.88. The minimum Gasteiger partial charge on any atom is -0.349 e. The van der Waals surface area contributed by atoms with Gasteiger partial charge in [0.05, 0.1) is 17.6 Å². The zero-order valence-electron chi connectivity index (χ0n) is 18.3. The topological polar surface area (TPSA) is 75.9 Å². The lowest BCUT2D eigenvalue weighted by molar-refractivity contribution is -0.125. The van der Waals surface area contributed by atoms with Crippen molar-refractivity contribution in [2.45, 2.75) is 45.6 Å². The van der Waals surface area contributed by atoms with Crippen molar-refractivity contribution in [1.29, 1.82) is 0 Å². The van der Waals surface area contributed by atoms with Crippen LogP contribution in [0.4, 0.5) is 5.95 Å². The Morgan fingerprint density at radius 2 is 1.97 bits per heavy atom. The van der Waals surface area contributed by atoms with Crippen molar-refractivity contribution < 1.29 is 4.79 Å². The third-order valence-corrected chi connectivity index (χ3v) is 6.88. The van der Waals surface area contributed by atoms with Crippen LogP contribution in [0.25, 0.3) is 11.0 Å². The van der Waals surface area contributed by atoms with Gasteiger partial charge in [0, 0.05) is 37.9 Å². The van der Waals surface area contributed by atoms with E-state index in [2.05, 4.69) is 27.1 Å². The van der Waals surface area contributed by atoms with Crippen molar-refractivity contribution in [1.82, 2.24) is 24.8 Å². The number of hydrogen-bond acceptors (Lipinski definition) is 5. The van der Waals surface area contributed by atoms with E-state index in [1.54, 1.807) is 0 Å². The third kappa shape index (κ3) is 4.01. The highest BCUT2D eigenvalue weighted by Gasteiger charge is 2.27. The summed E-state index contributed by atoms with van der Waals surface area (Å²) in [6, 6.07) is 8.03. The largest absolute Gasteiger partial charge is 0.349 e. The SMILES string of the molecule is CC1CCN(c2ncc3c(n2)CCC(C(=O)NCc2nc4ccccc4n2C)C3)CC1. The highest BCUT2D eigenvalue weighted by molar-refractivity contribution is 5.79. The van der Waals surface area contributed by atoms with E-state index in [4.69, 9.17) is 4.98 Å². The van der Waals surface area contributed by atoms with E-state index in [-0.39, 0.29) is 11.8 Å². The Morgan fingerprint density at radius 1 is 1.16 bits per heavy atom. The van der Waals surface area contributed by atoms with Gasteiger partial charge < -0.3 is 14.8 Å². The summed E-state index contributed by atoms with van der Waals surface area (Å²) in [6.07, 6.45) is 6.72. The fourth-order valence-electron chi connectivity index (χ4n) is 4.75. The van der Waals surface area contributed by atoms with Gasteiger partial charge in [-0.2, -0.15) is 0 Å². The predicted octanol–water partition coefficient (Wildman–Crippen LogP) is 3.02. The Kier molecular flexibility index (Phi) is 5.34. The van der Waals surface area contributed by atoms with Crippen molar-refractivity contribution in [3.8, 4) is 0 Å². The molecule has 5 rings (SSSR count). The van der Waals surface area contributed by atoms with Crippen LogP contribution in [0.15, 0.2) is 30.5 Å². The first-order valence-electron chi connectivity index (χ1n) is 11.4. The molecule has 0 saturated carbocycles. The Bertz CT molecular complexity index is 1100. The molecule has 3 heterocycles. The van der Waals surface area contributed by atoms with Crippen LogP contribution in [0.5, 0.6) is 0 Å². The zero-order chi connectivity index (χ0) is 21.4. The average Bonchev–Trinajstić information content (AvgIpc) is 3.13. The van der Waals surface area contributed by atoms with Crippen LogP contribution in [0.1, 0.15) is 43.3 Å². The monoisotopic (exact) mass is 418 g/mol. The smallest absolute Gasteiger partial charge is 0.225 e. The van der Waals surface area contributed by atoms with Crippen molar-refractivity contribution in [3.63, 3.8) is 0 Å². The molecule has 7 heteroatoms. The second kappa shape index (κ2) is 8.29. The van der Waals surface area contributed by atoms with Crippen LogP contribution >= 0.6 is 0 Å². The molecule has 3 aromatic rings. The molecule has 0 bridgehead atoms. The Morgan fingerprint density at radius 3 is 2.77 bits per heavy atom. The molecule has 1 saturated heterocycles. The molecule has 1 aromatic carbocycles. The van der Waals surface area contributed by atoms with Crippen LogP contribution in [0.2, 0.25) is 0 Å².